The molecule has 0 heterocycles. The third-order valence-corrected chi connectivity index (χ3v) is 6.85. The molecular formula is C22H36O4. The van der Waals surface area contributed by atoms with Crippen molar-refractivity contribution in [2.75, 3.05) is 13.2 Å². The lowest BCUT2D eigenvalue weighted by atomic mass is 9.51. The van der Waals surface area contributed by atoms with Gasteiger partial charge in [0.1, 0.15) is 0 Å². The molecule has 1 unspecified atom stereocenters. The van der Waals surface area contributed by atoms with Crippen LogP contribution in [0.15, 0.2) is 11.1 Å². The number of hydrogen-bond donors (Lipinski definition) is 0. The van der Waals surface area contributed by atoms with Crippen molar-refractivity contribution in [2.45, 2.75) is 80.6 Å². The summed E-state index contributed by atoms with van der Waals surface area (Å²) in [6, 6.07) is 0. The Labute approximate surface area is 158 Å². The van der Waals surface area contributed by atoms with E-state index in [4.69, 9.17) is 9.47 Å². The van der Waals surface area contributed by atoms with Crippen LogP contribution < -0.4 is 0 Å². The highest BCUT2D eigenvalue weighted by molar-refractivity contribution is 6.01. The van der Waals surface area contributed by atoms with Crippen molar-refractivity contribution < 1.29 is 19.1 Å². The van der Waals surface area contributed by atoms with Crippen LogP contribution in [-0.2, 0) is 19.1 Å². The lowest BCUT2D eigenvalue weighted by Crippen LogP contribution is -2.52. The van der Waals surface area contributed by atoms with Crippen molar-refractivity contribution in [2.24, 2.45) is 22.2 Å². The average Bonchev–Trinajstić information content (AvgIpc) is 2.55. The molecule has 0 saturated carbocycles. The Bertz CT molecular complexity index is 581. The molecule has 0 aromatic carbocycles. The molecule has 1 atom stereocenters. The molecule has 148 valence electrons. The summed E-state index contributed by atoms with van der Waals surface area (Å²) in [7, 11) is 0. The van der Waals surface area contributed by atoms with E-state index in [-0.39, 0.29) is 24.0 Å². The van der Waals surface area contributed by atoms with Gasteiger partial charge >= 0.3 is 11.9 Å². The molecule has 0 amide bonds. The predicted octanol–water partition coefficient (Wildman–Crippen LogP) is 5.06. The second kappa shape index (κ2) is 7.36. The van der Waals surface area contributed by atoms with E-state index in [0.717, 1.165) is 12.8 Å². The summed E-state index contributed by atoms with van der Waals surface area (Å²) in [6.07, 6.45) is 4.23. The molecule has 0 radical (unpaired) electrons. The summed E-state index contributed by atoms with van der Waals surface area (Å²) in [5.74, 6) is -0.513. The van der Waals surface area contributed by atoms with Crippen molar-refractivity contribution in [3.63, 3.8) is 0 Å². The molecule has 0 N–H and O–H groups in total. The molecule has 26 heavy (non-hydrogen) atoms. The molecule has 2 aliphatic rings. The summed E-state index contributed by atoms with van der Waals surface area (Å²) >= 11 is 0. The largest absolute Gasteiger partial charge is 0.465 e. The zero-order valence-electron chi connectivity index (χ0n) is 17.7. The Morgan fingerprint density at radius 1 is 1.00 bits per heavy atom. The van der Waals surface area contributed by atoms with Gasteiger partial charge in [0.05, 0.1) is 13.2 Å². The van der Waals surface area contributed by atoms with Gasteiger partial charge in [0.25, 0.3) is 0 Å². The SMILES string of the molecule is CCOC(=O)C1(C(=O)OCC)CC2=C(CCCC2(C)C)C(C)(C(C)C)C1. The maximum Gasteiger partial charge on any atom is 0.323 e. The van der Waals surface area contributed by atoms with E-state index in [2.05, 4.69) is 34.6 Å². The zero-order valence-corrected chi connectivity index (χ0v) is 17.7. The van der Waals surface area contributed by atoms with E-state index in [1.54, 1.807) is 13.8 Å². The summed E-state index contributed by atoms with van der Waals surface area (Å²) in [5.41, 5.74) is 1.32. The highest BCUT2D eigenvalue weighted by Gasteiger charge is 2.59. The highest BCUT2D eigenvalue weighted by Crippen LogP contribution is 2.61. The Balaban J connectivity index is 2.67. The van der Waals surface area contributed by atoms with Crippen LogP contribution >= 0.6 is 0 Å². The summed E-state index contributed by atoms with van der Waals surface area (Å²) in [5, 5.41) is 0. The van der Waals surface area contributed by atoms with Gasteiger partial charge in [0, 0.05) is 0 Å². The molecule has 0 spiro atoms. The Morgan fingerprint density at radius 3 is 2.00 bits per heavy atom. The van der Waals surface area contributed by atoms with Crippen LogP contribution in [0.1, 0.15) is 80.6 Å². The van der Waals surface area contributed by atoms with Gasteiger partial charge in [-0.2, -0.15) is 0 Å². The van der Waals surface area contributed by atoms with Crippen molar-refractivity contribution in [1.82, 2.24) is 0 Å². The molecule has 2 aliphatic carbocycles. The lowest BCUT2D eigenvalue weighted by molar-refractivity contribution is -0.176. The van der Waals surface area contributed by atoms with Crippen LogP contribution in [0.3, 0.4) is 0 Å². The fraction of sp³-hybridized carbons (Fsp3) is 0.818. The summed E-state index contributed by atoms with van der Waals surface area (Å²) < 4.78 is 10.8. The minimum atomic E-state index is -1.22. The van der Waals surface area contributed by atoms with Gasteiger partial charge in [-0.25, -0.2) is 0 Å². The minimum Gasteiger partial charge on any atom is -0.465 e. The number of hydrogen-bond acceptors (Lipinski definition) is 4. The number of carbonyl (C=O) groups excluding carboxylic acids is 2. The first kappa shape index (κ1) is 21.0. The first-order valence-corrected chi connectivity index (χ1v) is 10.1. The quantitative estimate of drug-likeness (QED) is 0.389. The van der Waals surface area contributed by atoms with Crippen LogP contribution in [0.5, 0.6) is 0 Å². The van der Waals surface area contributed by atoms with Crippen molar-refractivity contribution in [3.8, 4) is 0 Å². The van der Waals surface area contributed by atoms with Gasteiger partial charge in [-0.15, -0.1) is 0 Å². The molecule has 4 nitrogen and oxygen atoms in total. The van der Waals surface area contributed by atoms with Gasteiger partial charge < -0.3 is 9.47 Å². The molecule has 0 bridgehead atoms. The Kier molecular flexibility index (Phi) is 5.94. The molecule has 4 heteroatoms. The lowest BCUT2D eigenvalue weighted by Gasteiger charge is -2.53. The zero-order chi connectivity index (χ0) is 19.8. The highest BCUT2D eigenvalue weighted by atomic mass is 16.6. The first-order valence-electron chi connectivity index (χ1n) is 10.1. The van der Waals surface area contributed by atoms with E-state index >= 15 is 0 Å². The first-order chi connectivity index (χ1) is 12.0. The van der Waals surface area contributed by atoms with Crippen molar-refractivity contribution >= 4 is 11.9 Å². The summed E-state index contributed by atoms with van der Waals surface area (Å²) in [4.78, 5) is 26.2. The Hall–Kier alpha value is -1.32. The molecule has 0 fully saturated rings. The molecule has 0 aliphatic heterocycles. The van der Waals surface area contributed by atoms with Crippen LogP contribution in [0.2, 0.25) is 0 Å². The molecule has 2 rings (SSSR count). The average molecular weight is 365 g/mol. The van der Waals surface area contributed by atoms with Crippen molar-refractivity contribution in [3.05, 3.63) is 11.1 Å². The Morgan fingerprint density at radius 2 is 1.54 bits per heavy atom. The molecule has 0 saturated heterocycles. The van der Waals surface area contributed by atoms with Crippen LogP contribution in [0, 0.1) is 22.2 Å². The van der Waals surface area contributed by atoms with E-state index in [1.807, 2.05) is 0 Å². The number of esters is 2. The molecular weight excluding hydrogens is 328 g/mol. The topological polar surface area (TPSA) is 52.6 Å². The smallest absolute Gasteiger partial charge is 0.323 e. The summed E-state index contributed by atoms with van der Waals surface area (Å²) in [6.45, 7) is 15.2. The number of ether oxygens (including phenoxy) is 2. The number of allylic oxidation sites excluding steroid dienone is 2. The van der Waals surface area contributed by atoms with Crippen molar-refractivity contribution in [1.29, 1.82) is 0 Å². The van der Waals surface area contributed by atoms with E-state index in [0.29, 0.717) is 18.8 Å². The maximum atomic E-state index is 13.1. The van der Waals surface area contributed by atoms with E-state index < -0.39 is 17.4 Å². The van der Waals surface area contributed by atoms with Crippen LogP contribution in [-0.4, -0.2) is 25.2 Å². The van der Waals surface area contributed by atoms with Gasteiger partial charge in [-0.05, 0) is 62.7 Å². The second-order valence-electron chi connectivity index (χ2n) is 9.14. The standard InChI is InChI=1S/C22H36O4/c1-8-25-18(23)22(19(24)26-9-2)13-17-16(11-10-12-20(17,5)6)21(7,14-22)15(3)4/h15H,8-14H2,1-7H3. The molecule has 0 aromatic heterocycles. The van der Waals surface area contributed by atoms with Crippen LogP contribution in [0.4, 0.5) is 0 Å². The fourth-order valence-corrected chi connectivity index (χ4v) is 4.95. The second-order valence-corrected chi connectivity index (χ2v) is 9.14. The van der Waals surface area contributed by atoms with Gasteiger partial charge in [0.15, 0.2) is 5.41 Å². The monoisotopic (exact) mass is 364 g/mol. The van der Waals surface area contributed by atoms with E-state index in [1.165, 1.54) is 17.6 Å². The number of carbonyl (C=O) groups is 2. The predicted molar refractivity (Wildman–Crippen MR) is 103 cm³/mol. The van der Waals surface area contributed by atoms with Gasteiger partial charge in [-0.3, -0.25) is 9.59 Å². The van der Waals surface area contributed by atoms with Gasteiger partial charge in [-0.1, -0.05) is 45.8 Å². The third kappa shape index (κ3) is 3.32. The van der Waals surface area contributed by atoms with Crippen LogP contribution in [0.25, 0.3) is 0 Å². The van der Waals surface area contributed by atoms with Gasteiger partial charge in [0.2, 0.25) is 0 Å². The maximum absolute atomic E-state index is 13.1. The fourth-order valence-electron chi connectivity index (χ4n) is 4.95. The molecule has 0 aromatic rings. The number of rotatable bonds is 5. The minimum absolute atomic E-state index is 0.00556. The normalized spacial score (nSPS) is 27.1. The third-order valence-electron chi connectivity index (χ3n) is 6.85. The van der Waals surface area contributed by atoms with E-state index in [9.17, 15) is 9.59 Å².